The Bertz CT molecular complexity index is 287. The summed E-state index contributed by atoms with van der Waals surface area (Å²) < 4.78 is 0. The van der Waals surface area contributed by atoms with Crippen LogP contribution in [0.2, 0.25) is 0 Å². The van der Waals surface area contributed by atoms with Crippen LogP contribution in [0.3, 0.4) is 0 Å². The van der Waals surface area contributed by atoms with Gasteiger partial charge in [-0.15, -0.1) is 0 Å². The van der Waals surface area contributed by atoms with Crippen LogP contribution in [0, 0.1) is 5.92 Å². The lowest BCUT2D eigenvalue weighted by atomic mass is 9.92. The second kappa shape index (κ2) is 7.21. The van der Waals surface area contributed by atoms with E-state index < -0.39 is 0 Å². The molecule has 1 aliphatic carbocycles. The van der Waals surface area contributed by atoms with Crippen LogP contribution in [0.5, 0.6) is 0 Å². The summed E-state index contributed by atoms with van der Waals surface area (Å²) in [6.45, 7) is 10.4. The minimum atomic E-state index is -0.0894. The molecule has 1 aliphatic heterocycles. The quantitative estimate of drug-likeness (QED) is 0.666. The van der Waals surface area contributed by atoms with Crippen LogP contribution in [0.25, 0.3) is 0 Å². The van der Waals surface area contributed by atoms with Crippen molar-refractivity contribution in [3.05, 3.63) is 0 Å². The highest BCUT2D eigenvalue weighted by atomic mass is 16.3. The van der Waals surface area contributed by atoms with E-state index in [2.05, 4.69) is 36.0 Å². The Labute approximate surface area is 124 Å². The van der Waals surface area contributed by atoms with Crippen molar-refractivity contribution in [2.45, 2.75) is 51.1 Å². The van der Waals surface area contributed by atoms with E-state index in [0.717, 1.165) is 13.1 Å². The number of aliphatic hydroxyl groups excluding tert-OH is 1. The molecule has 1 saturated carbocycles. The van der Waals surface area contributed by atoms with Crippen molar-refractivity contribution in [1.82, 2.24) is 15.1 Å². The van der Waals surface area contributed by atoms with Crippen LogP contribution < -0.4 is 5.32 Å². The molecule has 1 unspecified atom stereocenters. The van der Waals surface area contributed by atoms with Crippen LogP contribution in [0.4, 0.5) is 0 Å². The maximum atomic E-state index is 9.96. The minimum absolute atomic E-state index is 0.0894. The summed E-state index contributed by atoms with van der Waals surface area (Å²) >= 11 is 0. The number of hydrogen-bond donors (Lipinski definition) is 2. The van der Waals surface area contributed by atoms with Gasteiger partial charge in [0, 0.05) is 25.7 Å². The second-order valence-corrected chi connectivity index (χ2v) is 7.17. The lowest BCUT2D eigenvalue weighted by molar-refractivity contribution is 0.0898. The van der Waals surface area contributed by atoms with Crippen molar-refractivity contribution in [1.29, 1.82) is 0 Å². The summed E-state index contributed by atoms with van der Waals surface area (Å²) in [4.78, 5) is 4.96. The van der Waals surface area contributed by atoms with Gasteiger partial charge in [0.15, 0.2) is 0 Å². The predicted octanol–water partition coefficient (Wildman–Crippen LogP) is 1.15. The van der Waals surface area contributed by atoms with Gasteiger partial charge in [-0.3, -0.25) is 0 Å². The molecular weight excluding hydrogens is 250 g/mol. The van der Waals surface area contributed by atoms with E-state index in [1.54, 1.807) is 0 Å². The van der Waals surface area contributed by atoms with Crippen molar-refractivity contribution >= 4 is 0 Å². The van der Waals surface area contributed by atoms with E-state index in [0.29, 0.717) is 12.0 Å². The largest absolute Gasteiger partial charge is 0.394 e. The Kier molecular flexibility index (Phi) is 5.84. The Hall–Kier alpha value is -0.160. The van der Waals surface area contributed by atoms with Crippen molar-refractivity contribution in [3.8, 4) is 0 Å². The minimum Gasteiger partial charge on any atom is -0.394 e. The van der Waals surface area contributed by atoms with Gasteiger partial charge in [0.05, 0.1) is 12.1 Å². The van der Waals surface area contributed by atoms with E-state index in [-0.39, 0.29) is 12.1 Å². The Balaban J connectivity index is 1.82. The summed E-state index contributed by atoms with van der Waals surface area (Å²) in [6.07, 6.45) is 5.25. The van der Waals surface area contributed by atoms with Gasteiger partial charge < -0.3 is 20.2 Å². The number of hydrogen-bond acceptors (Lipinski definition) is 4. The van der Waals surface area contributed by atoms with E-state index in [1.165, 1.54) is 45.3 Å². The van der Waals surface area contributed by atoms with Gasteiger partial charge in [-0.1, -0.05) is 13.8 Å². The van der Waals surface area contributed by atoms with Gasteiger partial charge in [-0.2, -0.15) is 0 Å². The number of nitrogens with zero attached hydrogens (tertiary/aromatic N) is 2. The second-order valence-electron chi connectivity index (χ2n) is 7.17. The van der Waals surface area contributed by atoms with E-state index in [1.807, 2.05) is 0 Å². The van der Waals surface area contributed by atoms with Gasteiger partial charge in [0.1, 0.15) is 0 Å². The molecule has 0 radical (unpaired) electrons. The number of nitrogens with one attached hydrogen (secondary N) is 1. The zero-order chi connectivity index (χ0) is 14.6. The third-order valence-electron chi connectivity index (χ3n) is 4.77. The molecule has 20 heavy (non-hydrogen) atoms. The number of likely N-dealkylation sites (N-methyl/N-ethyl adjacent to an activating group) is 1. The van der Waals surface area contributed by atoms with Gasteiger partial charge in [-0.25, -0.2) is 0 Å². The van der Waals surface area contributed by atoms with Crippen molar-refractivity contribution in [2.75, 3.05) is 46.4 Å². The van der Waals surface area contributed by atoms with E-state index >= 15 is 0 Å². The van der Waals surface area contributed by atoms with Crippen LogP contribution in [-0.2, 0) is 0 Å². The fourth-order valence-corrected chi connectivity index (χ4v) is 3.61. The molecule has 118 valence electrons. The van der Waals surface area contributed by atoms with Crippen LogP contribution >= 0.6 is 0 Å². The monoisotopic (exact) mass is 283 g/mol. The summed E-state index contributed by atoms with van der Waals surface area (Å²) in [5, 5.41) is 13.6. The van der Waals surface area contributed by atoms with Gasteiger partial charge in [0.25, 0.3) is 0 Å². The first-order valence-corrected chi connectivity index (χ1v) is 8.35. The summed E-state index contributed by atoms with van der Waals surface area (Å²) in [6, 6.07) is 0.426. The zero-order valence-corrected chi connectivity index (χ0v) is 13.6. The molecule has 2 N–H and O–H groups in total. The zero-order valence-electron chi connectivity index (χ0n) is 13.6. The Morgan fingerprint density at radius 1 is 1.30 bits per heavy atom. The topological polar surface area (TPSA) is 38.7 Å². The molecule has 0 aromatic heterocycles. The van der Waals surface area contributed by atoms with Crippen LogP contribution in [-0.4, -0.2) is 72.9 Å². The number of rotatable bonds is 9. The molecule has 0 amide bonds. The smallest absolute Gasteiger partial charge is 0.0628 e. The molecule has 0 aromatic carbocycles. The van der Waals surface area contributed by atoms with Crippen molar-refractivity contribution < 1.29 is 5.11 Å². The first-order chi connectivity index (χ1) is 9.55. The average molecular weight is 283 g/mol. The maximum Gasteiger partial charge on any atom is 0.0628 e. The molecule has 2 fully saturated rings. The number of aliphatic hydroxyl groups is 1. The Morgan fingerprint density at radius 3 is 2.45 bits per heavy atom. The molecular formula is C16H33N3O. The van der Waals surface area contributed by atoms with Gasteiger partial charge >= 0.3 is 0 Å². The molecule has 4 heteroatoms. The first kappa shape index (κ1) is 16.2. The molecule has 1 heterocycles. The third kappa shape index (κ3) is 4.42. The average Bonchev–Trinajstić information content (AvgIpc) is 3.13. The molecule has 1 saturated heterocycles. The maximum absolute atomic E-state index is 9.96. The highest BCUT2D eigenvalue weighted by Gasteiger charge is 2.45. The highest BCUT2D eigenvalue weighted by molar-refractivity contribution is 5.03. The first-order valence-electron chi connectivity index (χ1n) is 8.35. The fraction of sp³-hybridized carbons (Fsp3) is 1.00. The molecule has 0 bridgehead atoms. The lowest BCUT2D eigenvalue weighted by Crippen LogP contribution is -2.59. The SMILES string of the molecule is CC(C)NC(CO)(CN(C)CCN1CCCC1)C1CC1. The normalized spacial score (nSPS) is 23.7. The highest BCUT2D eigenvalue weighted by Crippen LogP contribution is 2.40. The van der Waals surface area contributed by atoms with Crippen LogP contribution in [0.1, 0.15) is 39.5 Å². The molecule has 0 aromatic rings. The van der Waals surface area contributed by atoms with Crippen molar-refractivity contribution in [3.63, 3.8) is 0 Å². The summed E-state index contributed by atoms with van der Waals surface area (Å²) in [5.41, 5.74) is -0.0894. The van der Waals surface area contributed by atoms with Crippen LogP contribution in [0.15, 0.2) is 0 Å². The standard InChI is InChI=1S/C16H33N3O/c1-14(2)17-16(13-20,15-6-7-15)12-18(3)10-11-19-8-4-5-9-19/h14-15,17,20H,4-13H2,1-3H3. The van der Waals surface area contributed by atoms with Crippen molar-refractivity contribution in [2.24, 2.45) is 5.92 Å². The predicted molar refractivity (Wildman–Crippen MR) is 84.0 cm³/mol. The summed E-state index contributed by atoms with van der Waals surface area (Å²) in [5.74, 6) is 0.657. The Morgan fingerprint density at radius 2 is 1.95 bits per heavy atom. The van der Waals surface area contributed by atoms with Gasteiger partial charge in [0.2, 0.25) is 0 Å². The molecule has 1 atom stereocenters. The molecule has 2 aliphatic rings. The van der Waals surface area contributed by atoms with E-state index in [9.17, 15) is 5.11 Å². The molecule has 4 nitrogen and oxygen atoms in total. The molecule has 0 spiro atoms. The van der Waals surface area contributed by atoms with Gasteiger partial charge in [-0.05, 0) is 51.7 Å². The fourth-order valence-electron chi connectivity index (χ4n) is 3.61. The molecule has 2 rings (SSSR count). The summed E-state index contributed by atoms with van der Waals surface area (Å²) in [7, 11) is 2.20. The number of likely N-dealkylation sites (tertiary alicyclic amines) is 1. The third-order valence-corrected chi connectivity index (χ3v) is 4.77. The van der Waals surface area contributed by atoms with E-state index in [4.69, 9.17) is 0 Å². The lowest BCUT2D eigenvalue weighted by Gasteiger charge is -2.39.